The number of imidazole rings is 1. The van der Waals surface area contributed by atoms with E-state index in [1.54, 1.807) is 6.26 Å². The average molecular weight is 260 g/mol. The molecule has 0 fully saturated rings. The second-order valence-electron chi connectivity index (χ2n) is 4.64. The fourth-order valence-corrected chi connectivity index (χ4v) is 3.22. The molecule has 0 saturated carbocycles. The smallest absolute Gasteiger partial charge is 0.161 e. The lowest BCUT2D eigenvalue weighted by atomic mass is 10.2. The Balaban J connectivity index is 2.07. The molecule has 0 bridgehead atoms. The van der Waals surface area contributed by atoms with Gasteiger partial charge in [0, 0.05) is 19.2 Å². The minimum absolute atomic E-state index is 0.868. The quantitative estimate of drug-likeness (QED) is 0.779. The predicted octanol–water partition coefficient (Wildman–Crippen LogP) is 2.62. The SMILES string of the molecule is C[S+]([O-])c1ccccc1-c1cn2c(n1)CCCC2. The third-order valence-electron chi connectivity index (χ3n) is 3.38. The Hall–Kier alpha value is -1.26. The summed E-state index contributed by atoms with van der Waals surface area (Å²) in [4.78, 5) is 5.56. The van der Waals surface area contributed by atoms with Crippen LogP contribution in [0.1, 0.15) is 18.7 Å². The molecule has 1 atom stereocenters. The van der Waals surface area contributed by atoms with Gasteiger partial charge in [-0.25, -0.2) is 4.98 Å². The highest BCUT2D eigenvalue weighted by atomic mass is 32.2. The van der Waals surface area contributed by atoms with Crippen LogP contribution in [0.4, 0.5) is 0 Å². The maximum Gasteiger partial charge on any atom is 0.161 e. The molecular formula is C14H16N2OS. The van der Waals surface area contributed by atoms with Gasteiger partial charge in [-0.3, -0.25) is 0 Å². The van der Waals surface area contributed by atoms with Crippen LogP contribution in [0.3, 0.4) is 0 Å². The number of rotatable bonds is 2. The standard InChI is InChI=1S/C14H16N2OS/c1-18(17)13-7-3-2-6-11(13)12-10-16-9-5-4-8-14(16)15-12/h2-3,6-7,10H,4-5,8-9H2,1H3. The van der Waals surface area contributed by atoms with Gasteiger partial charge in [0.1, 0.15) is 12.1 Å². The van der Waals surface area contributed by atoms with E-state index in [0.717, 1.165) is 34.9 Å². The van der Waals surface area contributed by atoms with Gasteiger partial charge in [0.2, 0.25) is 0 Å². The van der Waals surface area contributed by atoms with Crippen LogP contribution >= 0.6 is 0 Å². The molecule has 0 radical (unpaired) electrons. The molecule has 0 spiro atoms. The van der Waals surface area contributed by atoms with Gasteiger partial charge in [-0.15, -0.1) is 0 Å². The van der Waals surface area contributed by atoms with E-state index >= 15 is 0 Å². The van der Waals surface area contributed by atoms with Crippen LogP contribution in [0, 0.1) is 0 Å². The molecule has 4 heteroatoms. The highest BCUT2D eigenvalue weighted by Gasteiger charge is 2.18. The van der Waals surface area contributed by atoms with Crippen molar-refractivity contribution >= 4 is 11.2 Å². The molecule has 2 heterocycles. The summed E-state index contributed by atoms with van der Waals surface area (Å²) >= 11 is -0.976. The van der Waals surface area contributed by atoms with Crippen molar-refractivity contribution < 1.29 is 4.55 Å². The molecule has 1 aromatic carbocycles. The van der Waals surface area contributed by atoms with Gasteiger partial charge in [0.05, 0.1) is 11.3 Å². The van der Waals surface area contributed by atoms with Crippen molar-refractivity contribution in [1.82, 2.24) is 9.55 Å². The van der Waals surface area contributed by atoms with Gasteiger partial charge in [0.15, 0.2) is 4.90 Å². The van der Waals surface area contributed by atoms with Gasteiger partial charge < -0.3 is 9.12 Å². The number of aryl methyl sites for hydroxylation is 2. The summed E-state index contributed by atoms with van der Waals surface area (Å²) in [5.41, 5.74) is 1.96. The highest BCUT2D eigenvalue weighted by molar-refractivity contribution is 7.90. The van der Waals surface area contributed by atoms with Crippen LogP contribution in [-0.2, 0) is 24.1 Å². The molecule has 0 N–H and O–H groups in total. The van der Waals surface area contributed by atoms with E-state index in [2.05, 4.69) is 10.8 Å². The van der Waals surface area contributed by atoms with E-state index in [0.29, 0.717) is 0 Å². The van der Waals surface area contributed by atoms with Gasteiger partial charge >= 0.3 is 0 Å². The normalized spacial score (nSPS) is 16.3. The van der Waals surface area contributed by atoms with Gasteiger partial charge in [0.25, 0.3) is 0 Å². The number of benzene rings is 1. The van der Waals surface area contributed by atoms with Crippen molar-refractivity contribution in [3.05, 3.63) is 36.3 Å². The number of nitrogens with zero attached hydrogens (tertiary/aromatic N) is 2. The first-order valence-electron chi connectivity index (χ1n) is 6.24. The molecule has 0 amide bonds. The van der Waals surface area contributed by atoms with Crippen molar-refractivity contribution in [2.45, 2.75) is 30.7 Å². The molecule has 1 aliphatic heterocycles. The second kappa shape index (κ2) is 4.78. The monoisotopic (exact) mass is 260 g/mol. The van der Waals surface area contributed by atoms with E-state index in [4.69, 9.17) is 4.98 Å². The zero-order valence-electron chi connectivity index (χ0n) is 10.4. The Morgan fingerprint density at radius 3 is 2.89 bits per heavy atom. The molecule has 0 saturated heterocycles. The van der Waals surface area contributed by atoms with E-state index in [-0.39, 0.29) is 0 Å². The minimum atomic E-state index is -0.976. The van der Waals surface area contributed by atoms with Crippen molar-refractivity contribution in [3.63, 3.8) is 0 Å². The molecule has 1 aromatic heterocycles. The van der Waals surface area contributed by atoms with Crippen molar-refractivity contribution in [3.8, 4) is 11.3 Å². The van der Waals surface area contributed by atoms with E-state index < -0.39 is 11.2 Å². The average Bonchev–Trinajstić information content (AvgIpc) is 2.82. The largest absolute Gasteiger partial charge is 0.612 e. The summed E-state index contributed by atoms with van der Waals surface area (Å²) in [7, 11) is 0. The van der Waals surface area contributed by atoms with Crippen LogP contribution in [0.25, 0.3) is 11.3 Å². The maximum atomic E-state index is 11.8. The first-order valence-corrected chi connectivity index (χ1v) is 7.80. The summed E-state index contributed by atoms with van der Waals surface area (Å²) in [5, 5.41) is 0. The molecule has 1 aliphatic rings. The summed E-state index contributed by atoms with van der Waals surface area (Å²) in [6.07, 6.45) is 7.31. The van der Waals surface area contributed by atoms with E-state index in [9.17, 15) is 4.55 Å². The summed E-state index contributed by atoms with van der Waals surface area (Å²) in [6.45, 7) is 1.06. The zero-order chi connectivity index (χ0) is 12.5. The number of hydrogen-bond donors (Lipinski definition) is 0. The molecule has 3 rings (SSSR count). The molecule has 0 aliphatic carbocycles. The number of fused-ring (bicyclic) bond motifs is 1. The van der Waals surface area contributed by atoms with Gasteiger partial charge in [-0.1, -0.05) is 12.1 Å². The Bertz CT molecular complexity index is 539. The Morgan fingerprint density at radius 1 is 1.28 bits per heavy atom. The summed E-state index contributed by atoms with van der Waals surface area (Å²) < 4.78 is 14.0. The van der Waals surface area contributed by atoms with E-state index in [1.165, 1.54) is 12.8 Å². The molecule has 3 nitrogen and oxygen atoms in total. The third kappa shape index (κ3) is 2.06. The Labute approximate surface area is 110 Å². The number of aromatic nitrogens is 2. The van der Waals surface area contributed by atoms with Gasteiger partial charge in [-0.05, 0) is 36.2 Å². The van der Waals surface area contributed by atoms with Crippen molar-refractivity contribution in [1.29, 1.82) is 0 Å². The first kappa shape index (κ1) is 11.8. The molecular weight excluding hydrogens is 244 g/mol. The maximum absolute atomic E-state index is 11.8. The van der Waals surface area contributed by atoms with Crippen molar-refractivity contribution in [2.24, 2.45) is 0 Å². The van der Waals surface area contributed by atoms with Crippen LogP contribution in [0.5, 0.6) is 0 Å². The van der Waals surface area contributed by atoms with Crippen LogP contribution in [-0.4, -0.2) is 20.4 Å². The number of hydrogen-bond acceptors (Lipinski definition) is 2. The lowest BCUT2D eigenvalue weighted by Crippen LogP contribution is -2.08. The molecule has 1 unspecified atom stereocenters. The lowest BCUT2D eigenvalue weighted by molar-refractivity contribution is 0.522. The third-order valence-corrected chi connectivity index (χ3v) is 4.36. The van der Waals surface area contributed by atoms with Crippen LogP contribution in [0.15, 0.2) is 35.4 Å². The second-order valence-corrected chi connectivity index (χ2v) is 5.99. The summed E-state index contributed by atoms with van der Waals surface area (Å²) in [5.74, 6) is 1.16. The fourth-order valence-electron chi connectivity index (χ4n) is 2.47. The zero-order valence-corrected chi connectivity index (χ0v) is 11.2. The highest BCUT2D eigenvalue weighted by Crippen LogP contribution is 2.28. The van der Waals surface area contributed by atoms with Crippen LogP contribution in [0.2, 0.25) is 0 Å². The Morgan fingerprint density at radius 2 is 2.11 bits per heavy atom. The van der Waals surface area contributed by atoms with Gasteiger partial charge in [-0.2, -0.15) is 0 Å². The predicted molar refractivity (Wildman–Crippen MR) is 72.9 cm³/mol. The lowest BCUT2D eigenvalue weighted by Gasteiger charge is -2.11. The Kier molecular flexibility index (Phi) is 3.14. The minimum Gasteiger partial charge on any atom is -0.612 e. The fraction of sp³-hybridized carbons (Fsp3) is 0.357. The topological polar surface area (TPSA) is 40.9 Å². The molecule has 2 aromatic rings. The molecule has 94 valence electrons. The summed E-state index contributed by atoms with van der Waals surface area (Å²) in [6, 6.07) is 7.83. The molecule has 18 heavy (non-hydrogen) atoms. The van der Waals surface area contributed by atoms with Crippen molar-refractivity contribution in [2.75, 3.05) is 6.26 Å². The first-order chi connectivity index (χ1) is 8.75. The van der Waals surface area contributed by atoms with E-state index in [1.807, 2.05) is 24.3 Å². The van der Waals surface area contributed by atoms with Crippen LogP contribution < -0.4 is 0 Å².